The van der Waals surface area contributed by atoms with Crippen LogP contribution in [0, 0.1) is 0 Å². The van der Waals surface area contributed by atoms with E-state index in [2.05, 4.69) is 71.8 Å². The number of hydrogen-bond donors (Lipinski definition) is 1. The highest BCUT2D eigenvalue weighted by atomic mass is 32.1. The van der Waals surface area contributed by atoms with Gasteiger partial charge in [0, 0.05) is 47.9 Å². The molecule has 0 saturated heterocycles. The average Bonchev–Trinajstić information content (AvgIpc) is 3.20. The van der Waals surface area contributed by atoms with Crippen LogP contribution in [0.4, 0.5) is 0 Å². The molecule has 1 amide bonds. The van der Waals surface area contributed by atoms with Crippen LogP contribution < -0.4 is 5.32 Å². The molecule has 2 heterocycles. The van der Waals surface area contributed by atoms with Gasteiger partial charge in [-0.05, 0) is 29.5 Å². The van der Waals surface area contributed by atoms with Crippen molar-refractivity contribution in [3.63, 3.8) is 0 Å². The highest BCUT2D eigenvalue weighted by Crippen LogP contribution is 2.36. The minimum absolute atomic E-state index is 0.109. The molecule has 3 rings (SSSR count). The van der Waals surface area contributed by atoms with Crippen LogP contribution in [0.15, 0.2) is 48.0 Å². The first-order chi connectivity index (χ1) is 11.2. The zero-order valence-electron chi connectivity index (χ0n) is 13.6. The van der Waals surface area contributed by atoms with Crippen LogP contribution in [0.1, 0.15) is 36.1 Å². The molecule has 23 heavy (non-hydrogen) atoms. The van der Waals surface area contributed by atoms with Gasteiger partial charge in [-0.1, -0.05) is 31.2 Å². The Morgan fingerprint density at radius 1 is 1.26 bits per heavy atom. The van der Waals surface area contributed by atoms with E-state index in [0.717, 1.165) is 13.0 Å². The third kappa shape index (κ3) is 3.32. The molecule has 0 bridgehead atoms. The van der Waals surface area contributed by atoms with Crippen LogP contribution in [0.3, 0.4) is 0 Å². The van der Waals surface area contributed by atoms with Crippen LogP contribution >= 0.6 is 11.3 Å². The Hall–Kier alpha value is -2.07. The Bertz CT molecular complexity index is 789. The van der Waals surface area contributed by atoms with E-state index >= 15 is 0 Å². The van der Waals surface area contributed by atoms with Gasteiger partial charge < -0.3 is 9.88 Å². The molecule has 0 aliphatic carbocycles. The normalized spacial score (nSPS) is 12.4. The molecule has 1 unspecified atom stereocenters. The standard InChI is InChI=1S/C19H22N2OS/c1-3-10-20-19(22)12-15(18-9-6-11-23-18)16-13-21(2)17-8-5-4-7-14(16)17/h4-9,11,13,15H,3,10,12H2,1-2H3,(H,20,22). The predicted molar refractivity (Wildman–Crippen MR) is 97.0 cm³/mol. The van der Waals surface area contributed by atoms with Crippen molar-refractivity contribution in [2.75, 3.05) is 6.54 Å². The number of nitrogens with one attached hydrogen (secondary N) is 1. The quantitative estimate of drug-likeness (QED) is 0.720. The first kappa shape index (κ1) is 15.8. The first-order valence-corrected chi connectivity index (χ1v) is 8.92. The number of fused-ring (bicyclic) bond motifs is 1. The largest absolute Gasteiger partial charge is 0.356 e. The summed E-state index contributed by atoms with van der Waals surface area (Å²) in [5.74, 6) is 0.233. The van der Waals surface area contributed by atoms with E-state index in [1.54, 1.807) is 11.3 Å². The molecule has 0 saturated carbocycles. The monoisotopic (exact) mass is 326 g/mol. The molecule has 0 aliphatic heterocycles. The van der Waals surface area contributed by atoms with Crippen LogP contribution in [0.5, 0.6) is 0 Å². The number of amides is 1. The van der Waals surface area contributed by atoms with Gasteiger partial charge >= 0.3 is 0 Å². The van der Waals surface area contributed by atoms with Gasteiger partial charge in [0.05, 0.1) is 0 Å². The second-order valence-corrected chi connectivity index (χ2v) is 6.81. The number of rotatable bonds is 6. The fourth-order valence-corrected chi connectivity index (χ4v) is 3.87. The van der Waals surface area contributed by atoms with Gasteiger partial charge in [-0.2, -0.15) is 0 Å². The smallest absolute Gasteiger partial charge is 0.220 e. The maximum atomic E-state index is 12.3. The van der Waals surface area contributed by atoms with Crippen molar-refractivity contribution in [1.82, 2.24) is 9.88 Å². The molecule has 4 heteroatoms. The van der Waals surface area contributed by atoms with Gasteiger partial charge in [-0.3, -0.25) is 4.79 Å². The lowest BCUT2D eigenvalue weighted by Crippen LogP contribution is -2.25. The Morgan fingerprint density at radius 3 is 2.83 bits per heavy atom. The fraction of sp³-hybridized carbons (Fsp3) is 0.316. The van der Waals surface area contributed by atoms with E-state index < -0.39 is 0 Å². The first-order valence-electron chi connectivity index (χ1n) is 8.04. The minimum atomic E-state index is 0.109. The molecule has 120 valence electrons. The van der Waals surface area contributed by atoms with E-state index in [-0.39, 0.29) is 11.8 Å². The molecular weight excluding hydrogens is 304 g/mol. The summed E-state index contributed by atoms with van der Waals surface area (Å²) in [5.41, 5.74) is 2.44. The topological polar surface area (TPSA) is 34.0 Å². The lowest BCUT2D eigenvalue weighted by atomic mass is 9.93. The van der Waals surface area contributed by atoms with E-state index in [0.29, 0.717) is 6.42 Å². The third-order valence-corrected chi connectivity index (χ3v) is 5.14. The number of aromatic nitrogens is 1. The van der Waals surface area contributed by atoms with Crippen molar-refractivity contribution >= 4 is 28.1 Å². The van der Waals surface area contributed by atoms with Crippen LogP contribution in [-0.4, -0.2) is 17.0 Å². The maximum absolute atomic E-state index is 12.3. The second-order valence-electron chi connectivity index (χ2n) is 5.83. The lowest BCUT2D eigenvalue weighted by molar-refractivity contribution is -0.121. The fourth-order valence-electron chi connectivity index (χ4n) is 3.03. The summed E-state index contributed by atoms with van der Waals surface area (Å²) in [5, 5.41) is 6.32. The molecule has 1 aromatic carbocycles. The maximum Gasteiger partial charge on any atom is 0.220 e. The number of aryl methyl sites for hydroxylation is 1. The number of carbonyl (C=O) groups is 1. The molecule has 0 fully saturated rings. The number of benzene rings is 1. The van der Waals surface area contributed by atoms with Crippen molar-refractivity contribution < 1.29 is 4.79 Å². The molecule has 0 spiro atoms. The molecule has 2 aromatic heterocycles. The molecule has 1 atom stereocenters. The molecule has 0 aliphatic rings. The second kappa shape index (κ2) is 7.01. The van der Waals surface area contributed by atoms with Gasteiger partial charge in [0.25, 0.3) is 0 Å². The lowest BCUT2D eigenvalue weighted by Gasteiger charge is -2.15. The van der Waals surface area contributed by atoms with E-state index in [9.17, 15) is 4.79 Å². The Kier molecular flexibility index (Phi) is 4.82. The Labute approximate surface area is 140 Å². The summed E-state index contributed by atoms with van der Waals surface area (Å²) in [6.07, 6.45) is 3.63. The van der Waals surface area contributed by atoms with Crippen LogP contribution in [-0.2, 0) is 11.8 Å². The predicted octanol–water partition coefficient (Wildman–Crippen LogP) is 4.29. The van der Waals surface area contributed by atoms with Gasteiger partial charge in [0.1, 0.15) is 0 Å². The van der Waals surface area contributed by atoms with Crippen LogP contribution in [0.25, 0.3) is 10.9 Å². The van der Waals surface area contributed by atoms with Gasteiger partial charge in [-0.15, -0.1) is 11.3 Å². The van der Waals surface area contributed by atoms with Crippen molar-refractivity contribution in [3.05, 3.63) is 58.4 Å². The highest BCUT2D eigenvalue weighted by Gasteiger charge is 2.22. The summed E-state index contributed by atoms with van der Waals surface area (Å²) in [6, 6.07) is 12.6. The molecule has 3 nitrogen and oxygen atoms in total. The van der Waals surface area contributed by atoms with Crippen LogP contribution in [0.2, 0.25) is 0 Å². The minimum Gasteiger partial charge on any atom is -0.356 e. The zero-order chi connectivity index (χ0) is 16.2. The number of hydrogen-bond acceptors (Lipinski definition) is 2. The van der Waals surface area contributed by atoms with E-state index in [1.807, 2.05) is 0 Å². The van der Waals surface area contributed by atoms with Gasteiger partial charge in [0.15, 0.2) is 0 Å². The summed E-state index contributed by atoms with van der Waals surface area (Å²) in [7, 11) is 2.06. The average molecular weight is 326 g/mol. The number of thiophene rings is 1. The zero-order valence-corrected chi connectivity index (χ0v) is 14.4. The van der Waals surface area contributed by atoms with E-state index in [4.69, 9.17) is 0 Å². The number of nitrogens with zero attached hydrogens (tertiary/aromatic N) is 1. The Balaban J connectivity index is 1.99. The summed E-state index contributed by atoms with van der Waals surface area (Å²) in [4.78, 5) is 13.6. The Morgan fingerprint density at radius 2 is 2.09 bits per heavy atom. The number of carbonyl (C=O) groups excluding carboxylic acids is 1. The third-order valence-electron chi connectivity index (χ3n) is 4.15. The van der Waals surface area contributed by atoms with Crippen molar-refractivity contribution in [2.45, 2.75) is 25.7 Å². The summed E-state index contributed by atoms with van der Waals surface area (Å²) in [6.45, 7) is 2.81. The van der Waals surface area contributed by atoms with Gasteiger partial charge in [-0.25, -0.2) is 0 Å². The molecule has 1 N–H and O–H groups in total. The highest BCUT2D eigenvalue weighted by molar-refractivity contribution is 7.10. The van der Waals surface area contributed by atoms with Crippen molar-refractivity contribution in [1.29, 1.82) is 0 Å². The van der Waals surface area contributed by atoms with Crippen molar-refractivity contribution in [3.8, 4) is 0 Å². The SMILES string of the molecule is CCCNC(=O)CC(c1cccs1)c1cn(C)c2ccccc12. The molecule has 0 radical (unpaired) electrons. The number of para-hydroxylation sites is 1. The molecular formula is C19H22N2OS. The van der Waals surface area contributed by atoms with Crippen molar-refractivity contribution in [2.24, 2.45) is 7.05 Å². The molecule has 3 aromatic rings. The van der Waals surface area contributed by atoms with Gasteiger partial charge in [0.2, 0.25) is 5.91 Å². The van der Waals surface area contributed by atoms with E-state index in [1.165, 1.54) is 21.3 Å². The summed E-state index contributed by atoms with van der Waals surface area (Å²) >= 11 is 1.72. The summed E-state index contributed by atoms with van der Waals surface area (Å²) < 4.78 is 2.15.